The first-order valence-electron chi connectivity index (χ1n) is 9.75. The maximum Gasteiger partial charge on any atom is 0.416 e. The van der Waals surface area contributed by atoms with Crippen LogP contribution in [-0.4, -0.2) is 48.2 Å². The van der Waals surface area contributed by atoms with E-state index < -0.39 is 30.2 Å². The van der Waals surface area contributed by atoms with Crippen LogP contribution in [0.4, 0.5) is 18.9 Å². The largest absolute Gasteiger partial charge is 0.451 e. The molecule has 13 heteroatoms. The van der Waals surface area contributed by atoms with Crippen LogP contribution >= 0.6 is 0 Å². The number of carbonyl (C=O) groups is 2. The summed E-state index contributed by atoms with van der Waals surface area (Å²) in [5.41, 5.74) is -0.219. The van der Waals surface area contributed by atoms with E-state index in [1.165, 1.54) is 22.1 Å². The summed E-state index contributed by atoms with van der Waals surface area (Å²) >= 11 is 0. The zero-order valence-electron chi connectivity index (χ0n) is 17.5. The van der Waals surface area contributed by atoms with Gasteiger partial charge in [0.15, 0.2) is 12.3 Å². The van der Waals surface area contributed by atoms with E-state index in [1.807, 2.05) is 6.07 Å². The van der Waals surface area contributed by atoms with Crippen LogP contribution in [0.3, 0.4) is 0 Å². The van der Waals surface area contributed by atoms with Crippen molar-refractivity contribution in [2.45, 2.75) is 13.1 Å². The molecule has 10 nitrogen and oxygen atoms in total. The summed E-state index contributed by atoms with van der Waals surface area (Å²) in [5, 5.41) is 14.4. The first-order valence-corrected chi connectivity index (χ1v) is 9.75. The van der Waals surface area contributed by atoms with Crippen molar-refractivity contribution in [3.05, 3.63) is 78.1 Å². The van der Waals surface area contributed by atoms with Gasteiger partial charge in [0.05, 0.1) is 28.3 Å². The Bertz CT molecular complexity index is 1320. The molecule has 4 rings (SSSR count). The maximum atomic E-state index is 13.2. The Balaban J connectivity index is 1.47. The monoisotopic (exact) mass is 471 g/mol. The number of amides is 1. The van der Waals surface area contributed by atoms with Crippen molar-refractivity contribution in [2.24, 2.45) is 0 Å². The Labute approximate surface area is 190 Å². The van der Waals surface area contributed by atoms with Crippen LogP contribution in [0, 0.1) is 6.92 Å². The van der Waals surface area contributed by atoms with Crippen molar-refractivity contribution in [1.82, 2.24) is 29.8 Å². The van der Waals surface area contributed by atoms with Gasteiger partial charge in [0, 0.05) is 0 Å². The number of carbonyl (C=O) groups excluding carboxylic acids is 2. The van der Waals surface area contributed by atoms with Gasteiger partial charge in [-0.15, -0.1) is 5.10 Å². The lowest BCUT2D eigenvalue weighted by atomic mass is 10.1. The van der Waals surface area contributed by atoms with Gasteiger partial charge in [-0.2, -0.15) is 28.2 Å². The Hall–Kier alpha value is -4.55. The third-order valence-electron chi connectivity index (χ3n) is 4.56. The molecule has 0 saturated carbocycles. The van der Waals surface area contributed by atoms with Crippen LogP contribution in [0.5, 0.6) is 0 Å². The molecule has 4 aromatic rings. The summed E-state index contributed by atoms with van der Waals surface area (Å²) in [5.74, 6) is -1.77. The number of benzene rings is 2. The highest BCUT2D eigenvalue weighted by atomic mass is 19.4. The minimum absolute atomic E-state index is 0.0981. The number of anilines is 1. The van der Waals surface area contributed by atoms with Gasteiger partial charge in [0.2, 0.25) is 0 Å². The molecule has 0 fully saturated rings. The summed E-state index contributed by atoms with van der Waals surface area (Å²) in [7, 11) is 0. The fourth-order valence-electron chi connectivity index (χ4n) is 2.97. The van der Waals surface area contributed by atoms with Gasteiger partial charge in [-0.1, -0.05) is 18.2 Å². The van der Waals surface area contributed by atoms with E-state index in [0.717, 1.165) is 18.2 Å². The number of aryl methyl sites for hydroxylation is 1. The molecule has 2 heterocycles. The van der Waals surface area contributed by atoms with Crippen molar-refractivity contribution in [1.29, 1.82) is 0 Å². The molecular weight excluding hydrogens is 455 g/mol. The Kier molecular flexibility index (Phi) is 6.08. The second-order valence-electron chi connectivity index (χ2n) is 6.95. The third kappa shape index (κ3) is 4.92. The molecule has 2 aromatic heterocycles. The van der Waals surface area contributed by atoms with Gasteiger partial charge < -0.3 is 10.1 Å². The number of nitrogens with one attached hydrogen (secondary N) is 1. The van der Waals surface area contributed by atoms with Gasteiger partial charge in [0.1, 0.15) is 12.7 Å². The Morgan fingerprint density at radius 1 is 1.09 bits per heavy atom. The highest BCUT2D eigenvalue weighted by Crippen LogP contribution is 2.33. The smallest absolute Gasteiger partial charge is 0.416 e. The van der Waals surface area contributed by atoms with Gasteiger partial charge in [-0.05, 0) is 37.3 Å². The number of esters is 1. The van der Waals surface area contributed by atoms with Gasteiger partial charge in [0.25, 0.3) is 5.91 Å². The summed E-state index contributed by atoms with van der Waals surface area (Å²) in [4.78, 5) is 29.8. The number of rotatable bonds is 6. The molecule has 0 spiro atoms. The summed E-state index contributed by atoms with van der Waals surface area (Å²) < 4.78 is 45.6. The Morgan fingerprint density at radius 2 is 1.85 bits per heavy atom. The zero-order valence-corrected chi connectivity index (χ0v) is 17.5. The second-order valence-corrected chi connectivity index (χ2v) is 6.95. The minimum atomic E-state index is -4.63. The van der Waals surface area contributed by atoms with Crippen molar-refractivity contribution in [3.8, 4) is 11.4 Å². The molecule has 1 N–H and O–H groups in total. The van der Waals surface area contributed by atoms with Crippen LogP contribution in [0.15, 0.2) is 61.2 Å². The van der Waals surface area contributed by atoms with Gasteiger partial charge in [-0.3, -0.25) is 4.79 Å². The van der Waals surface area contributed by atoms with Crippen LogP contribution in [0.25, 0.3) is 11.4 Å². The number of hydrogen-bond acceptors (Lipinski definition) is 7. The highest BCUT2D eigenvalue weighted by Gasteiger charge is 2.31. The van der Waals surface area contributed by atoms with Crippen molar-refractivity contribution < 1.29 is 27.5 Å². The number of hydrogen-bond donors (Lipinski definition) is 1. The highest BCUT2D eigenvalue weighted by molar-refractivity contribution is 5.96. The molecule has 1 amide bonds. The molecule has 0 bridgehead atoms. The van der Waals surface area contributed by atoms with E-state index in [9.17, 15) is 22.8 Å². The summed E-state index contributed by atoms with van der Waals surface area (Å²) in [6, 6.07) is 11.6. The van der Waals surface area contributed by atoms with Gasteiger partial charge >= 0.3 is 12.1 Å². The molecule has 0 radical (unpaired) electrons. The fourth-order valence-corrected chi connectivity index (χ4v) is 2.97. The van der Waals surface area contributed by atoms with Gasteiger partial charge in [-0.25, -0.2) is 14.5 Å². The molecule has 0 atom stereocenters. The second kappa shape index (κ2) is 9.13. The van der Waals surface area contributed by atoms with E-state index in [4.69, 9.17) is 4.74 Å². The number of aromatic nitrogens is 6. The average Bonchev–Trinajstić information content (AvgIpc) is 3.47. The molecule has 174 valence electrons. The van der Waals surface area contributed by atoms with Crippen LogP contribution < -0.4 is 5.32 Å². The maximum absolute atomic E-state index is 13.2. The lowest BCUT2D eigenvalue weighted by Gasteiger charge is -2.14. The van der Waals surface area contributed by atoms with E-state index in [0.29, 0.717) is 5.69 Å². The lowest BCUT2D eigenvalue weighted by molar-refractivity contribution is -0.137. The van der Waals surface area contributed by atoms with E-state index in [1.54, 1.807) is 31.2 Å². The first-order chi connectivity index (χ1) is 16.2. The molecule has 34 heavy (non-hydrogen) atoms. The summed E-state index contributed by atoms with van der Waals surface area (Å²) in [6.07, 6.45) is -2.18. The number of alkyl halides is 3. The molecule has 2 aromatic carbocycles. The van der Waals surface area contributed by atoms with Crippen molar-refractivity contribution in [2.75, 3.05) is 11.9 Å². The van der Waals surface area contributed by atoms with E-state index >= 15 is 0 Å². The van der Waals surface area contributed by atoms with Crippen molar-refractivity contribution >= 4 is 17.6 Å². The third-order valence-corrected chi connectivity index (χ3v) is 4.56. The number of ether oxygens (including phenoxy) is 1. The molecular formula is C21H16F3N7O3. The topological polar surface area (TPSA) is 117 Å². The standard InChI is InChI=1S/C21H16F3N7O3/c1-13-19(29-31(28-13)15-5-3-2-4-6-15)20(33)34-10-18(32)27-16-9-14(21(22,23)24)7-8-17(16)30-12-25-11-26-30/h2-9,11-12H,10H2,1H3,(H,27,32). The molecule has 0 unspecified atom stereocenters. The number of para-hydroxylation sites is 1. The Morgan fingerprint density at radius 3 is 2.53 bits per heavy atom. The SMILES string of the molecule is Cc1nn(-c2ccccc2)nc1C(=O)OCC(=O)Nc1cc(C(F)(F)F)ccc1-n1cncn1. The molecule has 0 aliphatic heterocycles. The predicted molar refractivity (Wildman–Crippen MR) is 111 cm³/mol. The van der Waals surface area contributed by atoms with Crippen LogP contribution in [0.1, 0.15) is 21.7 Å². The molecule has 0 saturated heterocycles. The molecule has 0 aliphatic carbocycles. The van der Waals surface area contributed by atoms with E-state index in [2.05, 4.69) is 25.6 Å². The van der Waals surface area contributed by atoms with Crippen LogP contribution in [0.2, 0.25) is 0 Å². The minimum Gasteiger partial charge on any atom is -0.451 e. The normalized spacial score (nSPS) is 11.3. The lowest BCUT2D eigenvalue weighted by Crippen LogP contribution is -2.22. The number of halogens is 3. The number of nitrogens with zero attached hydrogens (tertiary/aromatic N) is 6. The first kappa shape index (κ1) is 22.6. The zero-order chi connectivity index (χ0) is 24.3. The molecule has 0 aliphatic rings. The predicted octanol–water partition coefficient (Wildman–Crippen LogP) is 2.97. The summed E-state index contributed by atoms with van der Waals surface area (Å²) in [6.45, 7) is 0.791. The van der Waals surface area contributed by atoms with Crippen LogP contribution in [-0.2, 0) is 15.7 Å². The quantitative estimate of drug-likeness (QED) is 0.430. The van der Waals surface area contributed by atoms with Crippen molar-refractivity contribution in [3.63, 3.8) is 0 Å². The fraction of sp³-hybridized carbons (Fsp3) is 0.143. The average molecular weight is 471 g/mol. The van der Waals surface area contributed by atoms with E-state index in [-0.39, 0.29) is 22.8 Å².